The summed E-state index contributed by atoms with van der Waals surface area (Å²) in [6.45, 7) is 6.05. The van der Waals surface area contributed by atoms with Crippen molar-refractivity contribution >= 4 is 29.3 Å². The molecule has 8 nitrogen and oxygen atoms in total. The van der Waals surface area contributed by atoms with Crippen molar-refractivity contribution in [2.24, 2.45) is 0 Å². The molecule has 148 valence electrons. The predicted octanol–water partition coefficient (Wildman–Crippen LogP) is 2.81. The number of ether oxygens (including phenoxy) is 2. The van der Waals surface area contributed by atoms with E-state index >= 15 is 0 Å². The summed E-state index contributed by atoms with van der Waals surface area (Å²) in [4.78, 5) is 50.8. The molecular weight excluding hydrogens is 364 g/mol. The van der Waals surface area contributed by atoms with E-state index in [9.17, 15) is 19.2 Å². The number of Topliss-reactive ketones (excluding diaryl/α,β-unsaturated/α-hetero) is 1. The minimum Gasteiger partial charge on any atom is -0.462 e. The second-order valence-corrected chi connectivity index (χ2v) is 6.07. The molecule has 0 saturated carbocycles. The van der Waals surface area contributed by atoms with Crippen LogP contribution in [0, 0.1) is 13.8 Å². The average molecular weight is 386 g/mol. The molecule has 2 rings (SSSR count). The van der Waals surface area contributed by atoms with Crippen molar-refractivity contribution in [3.8, 4) is 0 Å². The van der Waals surface area contributed by atoms with Crippen LogP contribution in [0.25, 0.3) is 0 Å². The highest BCUT2D eigenvalue weighted by Gasteiger charge is 2.22. The molecule has 2 aromatic rings. The molecular formula is C20H22N2O6. The molecule has 1 amide bonds. The first kappa shape index (κ1) is 20.9. The van der Waals surface area contributed by atoms with E-state index in [0.717, 1.165) is 0 Å². The maximum absolute atomic E-state index is 12.3. The molecule has 0 bridgehead atoms. The number of hydrogen-bond donors (Lipinski definition) is 2. The monoisotopic (exact) mass is 386 g/mol. The molecule has 0 aliphatic carbocycles. The molecule has 8 heteroatoms. The molecule has 0 radical (unpaired) electrons. The number of benzene rings is 1. The van der Waals surface area contributed by atoms with Gasteiger partial charge >= 0.3 is 11.9 Å². The lowest BCUT2D eigenvalue weighted by atomic mass is 10.1. The van der Waals surface area contributed by atoms with Gasteiger partial charge in [-0.15, -0.1) is 0 Å². The number of anilines is 1. The van der Waals surface area contributed by atoms with Gasteiger partial charge < -0.3 is 19.8 Å². The van der Waals surface area contributed by atoms with E-state index in [4.69, 9.17) is 9.47 Å². The number of nitrogens with one attached hydrogen (secondary N) is 2. The highest BCUT2D eigenvalue weighted by molar-refractivity contribution is 6.03. The number of aromatic nitrogens is 1. The van der Waals surface area contributed by atoms with Crippen molar-refractivity contribution in [3.63, 3.8) is 0 Å². The Morgan fingerprint density at radius 1 is 1.04 bits per heavy atom. The molecule has 0 fully saturated rings. The van der Waals surface area contributed by atoms with E-state index in [-0.39, 0.29) is 29.3 Å². The Morgan fingerprint density at radius 2 is 1.71 bits per heavy atom. The maximum Gasteiger partial charge on any atom is 0.355 e. The van der Waals surface area contributed by atoms with Crippen LogP contribution in [0.5, 0.6) is 0 Å². The number of ketones is 1. The summed E-state index contributed by atoms with van der Waals surface area (Å²) in [5, 5.41) is 2.52. The highest BCUT2D eigenvalue weighted by atomic mass is 16.5. The third-order valence-electron chi connectivity index (χ3n) is 4.02. The van der Waals surface area contributed by atoms with Gasteiger partial charge in [0.25, 0.3) is 5.91 Å². The quantitative estimate of drug-likeness (QED) is 0.559. The number of H-pyrrole nitrogens is 1. The Bertz CT molecular complexity index is 929. The summed E-state index contributed by atoms with van der Waals surface area (Å²) in [5.74, 6) is -2.09. The van der Waals surface area contributed by atoms with Gasteiger partial charge in [-0.25, -0.2) is 9.59 Å². The van der Waals surface area contributed by atoms with Gasteiger partial charge in [-0.05, 0) is 45.4 Å². The lowest BCUT2D eigenvalue weighted by Crippen LogP contribution is -2.22. The van der Waals surface area contributed by atoms with Crippen LogP contribution < -0.4 is 5.32 Å². The number of para-hydroxylation sites is 1. The van der Waals surface area contributed by atoms with Crippen molar-refractivity contribution in [3.05, 3.63) is 52.3 Å². The predicted molar refractivity (Wildman–Crippen MR) is 102 cm³/mol. The summed E-state index contributed by atoms with van der Waals surface area (Å²) in [7, 11) is 0. The van der Waals surface area contributed by atoms with E-state index in [1.54, 1.807) is 39.0 Å². The van der Waals surface area contributed by atoms with Gasteiger partial charge in [-0.2, -0.15) is 0 Å². The van der Waals surface area contributed by atoms with Gasteiger partial charge in [0.15, 0.2) is 12.4 Å². The molecule has 0 saturated heterocycles. The first-order valence-corrected chi connectivity index (χ1v) is 8.69. The number of hydrogen-bond acceptors (Lipinski definition) is 6. The summed E-state index contributed by atoms with van der Waals surface area (Å²) >= 11 is 0. The van der Waals surface area contributed by atoms with E-state index < -0.39 is 24.5 Å². The van der Waals surface area contributed by atoms with Crippen molar-refractivity contribution in [1.29, 1.82) is 0 Å². The second-order valence-electron chi connectivity index (χ2n) is 6.07. The van der Waals surface area contributed by atoms with Crippen LogP contribution in [-0.4, -0.2) is 41.8 Å². The minimum absolute atomic E-state index is 0.127. The van der Waals surface area contributed by atoms with Crippen LogP contribution in [0.3, 0.4) is 0 Å². The molecule has 1 aromatic heterocycles. The fourth-order valence-corrected chi connectivity index (χ4v) is 2.85. The molecule has 1 heterocycles. The van der Waals surface area contributed by atoms with E-state index in [1.165, 1.54) is 13.0 Å². The van der Waals surface area contributed by atoms with Crippen LogP contribution in [0.1, 0.15) is 56.3 Å². The van der Waals surface area contributed by atoms with Crippen LogP contribution in [-0.2, 0) is 14.3 Å². The number of esters is 2. The molecule has 0 spiro atoms. The maximum atomic E-state index is 12.3. The van der Waals surface area contributed by atoms with Gasteiger partial charge in [0, 0.05) is 11.3 Å². The largest absolute Gasteiger partial charge is 0.462 e. The van der Waals surface area contributed by atoms with Crippen LogP contribution in [0.4, 0.5) is 5.69 Å². The molecule has 1 aromatic carbocycles. The molecule has 28 heavy (non-hydrogen) atoms. The number of carbonyl (C=O) groups is 4. The number of rotatable bonds is 7. The van der Waals surface area contributed by atoms with Crippen LogP contribution in [0.15, 0.2) is 24.3 Å². The molecule has 0 aliphatic heterocycles. The second kappa shape index (κ2) is 8.98. The van der Waals surface area contributed by atoms with Crippen molar-refractivity contribution in [2.75, 3.05) is 18.5 Å². The van der Waals surface area contributed by atoms with Gasteiger partial charge in [0.1, 0.15) is 5.69 Å². The van der Waals surface area contributed by atoms with E-state index in [2.05, 4.69) is 10.3 Å². The zero-order valence-corrected chi connectivity index (χ0v) is 16.2. The zero-order valence-electron chi connectivity index (χ0n) is 16.2. The lowest BCUT2D eigenvalue weighted by molar-refractivity contribution is -0.119. The van der Waals surface area contributed by atoms with Crippen molar-refractivity contribution in [2.45, 2.75) is 27.7 Å². The van der Waals surface area contributed by atoms with Crippen LogP contribution >= 0.6 is 0 Å². The molecule has 0 aliphatic rings. The van der Waals surface area contributed by atoms with Gasteiger partial charge in [-0.1, -0.05) is 12.1 Å². The van der Waals surface area contributed by atoms with Gasteiger partial charge in [0.05, 0.1) is 17.9 Å². The van der Waals surface area contributed by atoms with E-state index in [0.29, 0.717) is 16.8 Å². The van der Waals surface area contributed by atoms with Crippen molar-refractivity contribution in [1.82, 2.24) is 4.98 Å². The van der Waals surface area contributed by atoms with Crippen LogP contribution in [0.2, 0.25) is 0 Å². The van der Waals surface area contributed by atoms with E-state index in [1.807, 2.05) is 0 Å². The summed E-state index contributed by atoms with van der Waals surface area (Å²) in [6.07, 6.45) is 0. The smallest absolute Gasteiger partial charge is 0.355 e. The fourth-order valence-electron chi connectivity index (χ4n) is 2.85. The normalized spacial score (nSPS) is 10.3. The molecule has 0 unspecified atom stereocenters. The molecule has 0 atom stereocenters. The number of aryl methyl sites for hydroxylation is 1. The highest BCUT2D eigenvalue weighted by Crippen LogP contribution is 2.19. The fraction of sp³-hybridized carbons (Fsp3) is 0.300. The Kier molecular flexibility index (Phi) is 6.70. The van der Waals surface area contributed by atoms with Gasteiger partial charge in [-0.3, -0.25) is 9.59 Å². The first-order chi connectivity index (χ1) is 13.3. The standard InChI is InChI=1S/C20H22N2O6/c1-5-27-19(25)14-8-6-7-9-15(14)22-16(24)10-28-20(26)18-11(2)17(13(4)23)12(3)21-18/h6-9,21H,5,10H2,1-4H3,(H,22,24). The number of aromatic amines is 1. The lowest BCUT2D eigenvalue weighted by Gasteiger charge is -2.10. The average Bonchev–Trinajstić information content (AvgIpc) is 2.94. The summed E-state index contributed by atoms with van der Waals surface area (Å²) < 4.78 is 9.97. The molecule has 2 N–H and O–H groups in total. The third kappa shape index (κ3) is 4.64. The minimum atomic E-state index is -0.748. The van der Waals surface area contributed by atoms with Gasteiger partial charge in [0.2, 0.25) is 0 Å². The third-order valence-corrected chi connectivity index (χ3v) is 4.02. The topological polar surface area (TPSA) is 115 Å². The number of carbonyl (C=O) groups excluding carboxylic acids is 4. The number of amides is 1. The first-order valence-electron chi connectivity index (χ1n) is 8.69. The Hall–Kier alpha value is -3.42. The zero-order chi connectivity index (χ0) is 20.8. The Morgan fingerprint density at radius 3 is 2.32 bits per heavy atom. The summed E-state index contributed by atoms with van der Waals surface area (Å²) in [6, 6.07) is 6.36. The SMILES string of the molecule is CCOC(=O)c1ccccc1NC(=O)COC(=O)c1[nH]c(C)c(C(C)=O)c1C. The summed E-state index contributed by atoms with van der Waals surface area (Å²) in [5.41, 5.74) is 2.05. The Balaban J connectivity index is 2.04. The Labute approximate surface area is 162 Å². The van der Waals surface area contributed by atoms with Crippen molar-refractivity contribution < 1.29 is 28.7 Å².